The monoisotopic (exact) mass is 463 g/mol. The number of hydrogen-bond donors (Lipinski definition) is 1. The van der Waals surface area contributed by atoms with Gasteiger partial charge in [-0.25, -0.2) is 9.59 Å². The highest BCUT2D eigenvalue weighted by Gasteiger charge is 2.60. The van der Waals surface area contributed by atoms with Crippen molar-refractivity contribution < 1.29 is 28.6 Å². The van der Waals surface area contributed by atoms with E-state index in [2.05, 4.69) is 40.4 Å². The highest BCUT2D eigenvalue weighted by Crippen LogP contribution is 2.45. The number of aliphatic hydroxyl groups excluding tert-OH is 1. The number of aliphatic hydroxyl groups is 1. The quantitative estimate of drug-likeness (QED) is 0.355. The fourth-order valence-electron chi connectivity index (χ4n) is 3.70. The van der Waals surface area contributed by atoms with Crippen LogP contribution < -0.4 is 0 Å². The van der Waals surface area contributed by atoms with E-state index < -0.39 is 37.9 Å². The van der Waals surface area contributed by atoms with E-state index in [1.807, 2.05) is 30.3 Å². The van der Waals surface area contributed by atoms with E-state index in [1.165, 1.54) is 12.0 Å². The normalized spacial score (nSPS) is 23.7. The minimum absolute atomic E-state index is 0.0535. The van der Waals surface area contributed by atoms with Crippen LogP contribution >= 0.6 is 0 Å². The van der Waals surface area contributed by atoms with E-state index in [1.54, 1.807) is 6.08 Å². The van der Waals surface area contributed by atoms with Crippen LogP contribution in [0.25, 0.3) is 0 Å². The van der Waals surface area contributed by atoms with Gasteiger partial charge in [0.25, 0.3) is 0 Å². The van der Waals surface area contributed by atoms with Crippen molar-refractivity contribution >= 4 is 20.4 Å². The molecule has 0 aromatic heterocycles. The first kappa shape index (κ1) is 26.1. The van der Waals surface area contributed by atoms with E-state index in [9.17, 15) is 14.7 Å². The molecule has 7 nitrogen and oxygen atoms in total. The summed E-state index contributed by atoms with van der Waals surface area (Å²) in [7, 11) is -0.922. The maximum Gasteiger partial charge on any atom is 0.410 e. The molecule has 1 saturated heterocycles. The fraction of sp³-hybridized carbons (Fsp3) is 0.583. The molecule has 0 saturated carbocycles. The van der Waals surface area contributed by atoms with Crippen LogP contribution in [0.3, 0.4) is 0 Å². The van der Waals surface area contributed by atoms with Crippen LogP contribution in [0, 0.1) is 5.41 Å². The van der Waals surface area contributed by atoms with E-state index >= 15 is 0 Å². The van der Waals surface area contributed by atoms with E-state index in [0.29, 0.717) is 0 Å². The third kappa shape index (κ3) is 5.42. The van der Waals surface area contributed by atoms with Crippen LogP contribution in [-0.4, -0.2) is 62.8 Å². The van der Waals surface area contributed by atoms with Gasteiger partial charge in [-0.2, -0.15) is 0 Å². The lowest BCUT2D eigenvalue weighted by Gasteiger charge is -2.42. The summed E-state index contributed by atoms with van der Waals surface area (Å²) in [4.78, 5) is 27.1. The zero-order chi connectivity index (χ0) is 24.2. The molecule has 0 aliphatic carbocycles. The van der Waals surface area contributed by atoms with Crippen molar-refractivity contribution in [1.29, 1.82) is 0 Å². The Bertz CT molecular complexity index is 806. The van der Waals surface area contributed by atoms with E-state index in [4.69, 9.17) is 13.9 Å². The van der Waals surface area contributed by atoms with Crippen molar-refractivity contribution in [3.05, 3.63) is 48.6 Å². The number of allylic oxidation sites excluding steroid dienone is 1. The standard InChI is InChI=1S/C24H37NO6Si/c1-8-14-24(17-31-32(6,7)23(2,3)4)19(26)15-25(20(24)21(27)29-5)22(28)30-16-18-12-10-9-11-13-18/h8-13,19-20,26H,1,14-17H2,2-7H3/t19-,20-,24+/m1/s1. The first-order valence-corrected chi connectivity index (χ1v) is 13.8. The Morgan fingerprint density at radius 1 is 1.28 bits per heavy atom. The lowest BCUT2D eigenvalue weighted by molar-refractivity contribution is -0.151. The van der Waals surface area contributed by atoms with Crippen LogP contribution in [0.5, 0.6) is 0 Å². The van der Waals surface area contributed by atoms with Gasteiger partial charge in [-0.05, 0) is 30.1 Å². The highest BCUT2D eigenvalue weighted by molar-refractivity contribution is 6.74. The molecule has 0 unspecified atom stereocenters. The molecule has 1 aromatic rings. The average molecular weight is 464 g/mol. The molecule has 1 aliphatic rings. The Hall–Kier alpha value is -2.16. The Morgan fingerprint density at radius 2 is 1.91 bits per heavy atom. The number of amides is 1. The number of benzene rings is 1. The maximum atomic E-state index is 13.0. The predicted molar refractivity (Wildman–Crippen MR) is 126 cm³/mol. The number of methoxy groups -OCH3 is 1. The number of nitrogens with zero attached hydrogens (tertiary/aromatic N) is 1. The molecule has 178 valence electrons. The summed E-state index contributed by atoms with van der Waals surface area (Å²) in [5.74, 6) is -0.612. The van der Waals surface area contributed by atoms with Crippen LogP contribution in [0.15, 0.2) is 43.0 Å². The summed E-state index contributed by atoms with van der Waals surface area (Å²) in [6, 6.07) is 8.23. The molecule has 2 rings (SSSR count). The molecule has 1 amide bonds. The molecule has 1 fully saturated rings. The fourth-order valence-corrected chi connectivity index (χ4v) is 4.77. The van der Waals surface area contributed by atoms with Crippen molar-refractivity contribution in [2.45, 2.75) is 64.1 Å². The molecule has 0 spiro atoms. The third-order valence-corrected chi connectivity index (χ3v) is 11.3. The second-order valence-corrected chi connectivity index (χ2v) is 14.7. The van der Waals surface area contributed by atoms with Crippen LogP contribution in [0.1, 0.15) is 32.8 Å². The number of esters is 1. The number of ether oxygens (including phenoxy) is 2. The number of rotatable bonds is 8. The van der Waals surface area contributed by atoms with Gasteiger partial charge in [-0.1, -0.05) is 57.2 Å². The predicted octanol–water partition coefficient (Wildman–Crippen LogP) is 4.13. The third-order valence-electron chi connectivity index (χ3n) is 6.79. The molecule has 1 aliphatic heterocycles. The van der Waals surface area contributed by atoms with Crippen molar-refractivity contribution in [2.24, 2.45) is 5.41 Å². The van der Waals surface area contributed by atoms with Gasteiger partial charge < -0.3 is 19.0 Å². The first-order chi connectivity index (χ1) is 14.9. The number of likely N-dealkylation sites (tertiary alicyclic amines) is 1. The van der Waals surface area contributed by atoms with E-state index in [-0.39, 0.29) is 31.2 Å². The SMILES string of the molecule is C=CC[C@]1(CO[Si](C)(C)C(C)(C)C)[C@H](O)CN(C(=O)OCc2ccccc2)[C@@H]1C(=O)OC. The van der Waals surface area contributed by atoms with Gasteiger partial charge in [-0.3, -0.25) is 4.90 Å². The van der Waals surface area contributed by atoms with Crippen molar-refractivity contribution in [2.75, 3.05) is 20.3 Å². The van der Waals surface area contributed by atoms with Crippen LogP contribution in [-0.2, 0) is 25.3 Å². The summed E-state index contributed by atoms with van der Waals surface area (Å²) < 4.78 is 16.9. The van der Waals surface area contributed by atoms with Gasteiger partial charge in [0.15, 0.2) is 8.32 Å². The summed E-state index contributed by atoms with van der Waals surface area (Å²) in [6.45, 7) is 14.5. The summed E-state index contributed by atoms with van der Waals surface area (Å²) in [5.41, 5.74) is -0.246. The number of hydrogen-bond acceptors (Lipinski definition) is 6. The van der Waals surface area contributed by atoms with E-state index in [0.717, 1.165) is 5.56 Å². The lowest BCUT2D eigenvalue weighted by Crippen LogP contribution is -2.54. The summed E-state index contributed by atoms with van der Waals surface area (Å²) in [5, 5.41) is 11.1. The highest BCUT2D eigenvalue weighted by atomic mass is 28.4. The topological polar surface area (TPSA) is 85.3 Å². The summed E-state index contributed by atoms with van der Waals surface area (Å²) in [6.07, 6.45) is 0.248. The van der Waals surface area contributed by atoms with Gasteiger partial charge in [0.05, 0.1) is 25.2 Å². The number of carbonyl (C=O) groups is 2. The largest absolute Gasteiger partial charge is 0.467 e. The van der Waals surface area contributed by atoms with Gasteiger partial charge in [0, 0.05) is 6.61 Å². The Labute approximate surface area is 192 Å². The summed E-state index contributed by atoms with van der Waals surface area (Å²) >= 11 is 0. The average Bonchev–Trinajstić information content (AvgIpc) is 3.02. The van der Waals surface area contributed by atoms with Gasteiger partial charge >= 0.3 is 12.1 Å². The van der Waals surface area contributed by atoms with Gasteiger partial charge in [-0.15, -0.1) is 6.58 Å². The second kappa shape index (κ2) is 10.2. The van der Waals surface area contributed by atoms with Gasteiger partial charge in [0.1, 0.15) is 12.6 Å². The maximum absolute atomic E-state index is 13.0. The smallest absolute Gasteiger partial charge is 0.410 e. The lowest BCUT2D eigenvalue weighted by atomic mass is 9.76. The molecule has 1 heterocycles. The van der Waals surface area contributed by atoms with Crippen LogP contribution in [0.2, 0.25) is 18.1 Å². The molecule has 0 radical (unpaired) electrons. The molecular weight excluding hydrogens is 426 g/mol. The number of carbonyl (C=O) groups excluding carboxylic acids is 2. The van der Waals surface area contributed by atoms with Crippen LogP contribution in [0.4, 0.5) is 4.79 Å². The molecule has 3 atom stereocenters. The molecule has 32 heavy (non-hydrogen) atoms. The number of β-amino-alcohol motifs (C(OH)–C–C–N with tert-alkyl or cyclic N) is 1. The Kier molecular flexibility index (Phi) is 8.31. The Morgan fingerprint density at radius 3 is 2.44 bits per heavy atom. The molecule has 8 heteroatoms. The minimum Gasteiger partial charge on any atom is -0.467 e. The van der Waals surface area contributed by atoms with Crippen molar-refractivity contribution in [3.63, 3.8) is 0 Å². The zero-order valence-electron chi connectivity index (χ0n) is 20.1. The molecular formula is C24H37NO6Si. The molecule has 1 N–H and O–H groups in total. The minimum atomic E-state index is -2.19. The molecule has 0 bridgehead atoms. The van der Waals surface area contributed by atoms with Crippen molar-refractivity contribution in [3.8, 4) is 0 Å². The Balaban J connectivity index is 2.32. The van der Waals surface area contributed by atoms with Crippen molar-refractivity contribution in [1.82, 2.24) is 4.90 Å². The van der Waals surface area contributed by atoms with Gasteiger partial charge in [0.2, 0.25) is 0 Å². The second-order valence-electron chi connectivity index (χ2n) is 9.91. The molecule has 1 aromatic carbocycles. The first-order valence-electron chi connectivity index (χ1n) is 10.9. The zero-order valence-corrected chi connectivity index (χ0v) is 21.1.